The van der Waals surface area contributed by atoms with Crippen molar-refractivity contribution in [3.05, 3.63) is 70.3 Å². The van der Waals surface area contributed by atoms with E-state index in [1.807, 2.05) is 31.2 Å². The quantitative estimate of drug-likeness (QED) is 0.135. The van der Waals surface area contributed by atoms with Crippen LogP contribution < -0.4 is 9.47 Å². The van der Waals surface area contributed by atoms with E-state index in [2.05, 4.69) is 91.2 Å². The number of rotatable bonds is 13. The Morgan fingerprint density at radius 2 is 1.71 bits per heavy atom. The van der Waals surface area contributed by atoms with Crippen LogP contribution in [-0.2, 0) is 20.7 Å². The summed E-state index contributed by atoms with van der Waals surface area (Å²) in [5, 5.41) is 12.5. The number of ether oxygens (including phenoxy) is 3. The second-order valence-electron chi connectivity index (χ2n) is 18.7. The second kappa shape index (κ2) is 15.5. The number of ketones is 1. The van der Waals surface area contributed by atoms with Crippen LogP contribution >= 0.6 is 0 Å². The Balaban J connectivity index is 1.42. The van der Waals surface area contributed by atoms with Crippen molar-refractivity contribution in [2.24, 2.45) is 45.9 Å². The molecule has 310 valence electrons. The van der Waals surface area contributed by atoms with Gasteiger partial charge in [0.05, 0.1) is 46.8 Å². The normalized spacial score (nSPS) is 27.5. The number of esters is 1. The smallest absolute Gasteiger partial charge is 0.308 e. The minimum absolute atomic E-state index is 0.000725. The summed E-state index contributed by atoms with van der Waals surface area (Å²) >= 11 is 0. The van der Waals surface area contributed by atoms with Gasteiger partial charge in [0.15, 0.2) is 0 Å². The maximum absolute atomic E-state index is 14.0. The highest BCUT2D eigenvalue weighted by molar-refractivity contribution is 6.11. The molecule has 4 heterocycles. The van der Waals surface area contributed by atoms with Gasteiger partial charge in [-0.3, -0.25) is 9.59 Å². The van der Waals surface area contributed by atoms with Crippen LogP contribution in [0.3, 0.4) is 0 Å². The van der Waals surface area contributed by atoms with E-state index in [-0.39, 0.29) is 59.1 Å². The highest BCUT2D eigenvalue weighted by atomic mass is 16.5. The van der Waals surface area contributed by atoms with Gasteiger partial charge in [-0.05, 0) is 129 Å². The SMILES string of the molecule is COC(=O)C(C)CCC1(C(C)=O)C(C(C)C)C1C(C)C1Oc2c(CC=C(C)C)c3c(c(O)c2C2=Nc4nc5ccccc5n4C(C)C21)C=CC(C)(CCC=C(C)C)O3. The first-order valence-corrected chi connectivity index (χ1v) is 21.3. The van der Waals surface area contributed by atoms with Gasteiger partial charge in [0.25, 0.3) is 0 Å². The first kappa shape index (κ1) is 41.5. The molecule has 9 nitrogen and oxygen atoms in total. The van der Waals surface area contributed by atoms with Crippen LogP contribution in [0.15, 0.2) is 58.6 Å². The molecule has 2 aromatic carbocycles. The highest BCUT2D eigenvalue weighted by Gasteiger charge is 2.71. The second-order valence-corrected chi connectivity index (χ2v) is 18.7. The summed E-state index contributed by atoms with van der Waals surface area (Å²) in [6, 6.07) is 7.97. The zero-order valence-electron chi connectivity index (χ0n) is 36.6. The zero-order chi connectivity index (χ0) is 42.0. The lowest BCUT2D eigenvalue weighted by Crippen LogP contribution is -2.48. The standard InChI is InChI=1S/C49H63N3O6/c1-26(2)16-15-23-48(11)24-22-33-42(54)38-41-37(31(9)52-36-18-14-13-17-35(36)50-47(52)51-41)43(57-45(38)34(44(33)58-48)20-19-27(3)4)30(8)40-39(28(5)6)49(40,32(10)53)25-21-29(7)46(55)56-12/h13-14,16-19,22,24,28-31,37,39-40,43,54H,15,20-21,23,25H2,1-12H3. The third-order valence-corrected chi connectivity index (χ3v) is 13.8. The van der Waals surface area contributed by atoms with Gasteiger partial charge in [0, 0.05) is 17.0 Å². The van der Waals surface area contributed by atoms with Crippen molar-refractivity contribution in [2.75, 3.05) is 7.11 Å². The molecule has 0 amide bonds. The number of carbonyl (C=O) groups excluding carboxylic acids is 2. The van der Waals surface area contributed by atoms with Crippen molar-refractivity contribution in [2.45, 2.75) is 126 Å². The van der Waals surface area contributed by atoms with Gasteiger partial charge >= 0.3 is 5.97 Å². The molecular weight excluding hydrogens is 727 g/mol. The topological polar surface area (TPSA) is 112 Å². The molecule has 0 radical (unpaired) electrons. The molecule has 1 aromatic heterocycles. The van der Waals surface area contributed by atoms with Gasteiger partial charge in [-0.25, -0.2) is 9.98 Å². The maximum atomic E-state index is 14.0. The number of hydrogen-bond acceptors (Lipinski definition) is 8. The molecule has 9 heteroatoms. The molecule has 1 fully saturated rings. The number of aromatic nitrogens is 2. The van der Waals surface area contributed by atoms with Crippen LogP contribution in [0.5, 0.6) is 17.2 Å². The number of benzene rings is 2. The first-order valence-electron chi connectivity index (χ1n) is 21.3. The number of nitrogens with zero attached hydrogens (tertiary/aromatic N) is 3. The number of hydrogen-bond donors (Lipinski definition) is 1. The largest absolute Gasteiger partial charge is 0.506 e. The predicted octanol–water partition coefficient (Wildman–Crippen LogP) is 10.9. The van der Waals surface area contributed by atoms with Crippen LogP contribution in [0.1, 0.15) is 125 Å². The summed E-state index contributed by atoms with van der Waals surface area (Å²) in [4.78, 5) is 37.0. The maximum Gasteiger partial charge on any atom is 0.308 e. The number of carbonyl (C=O) groups is 2. The van der Waals surface area contributed by atoms with Crippen LogP contribution in [0, 0.1) is 40.9 Å². The summed E-state index contributed by atoms with van der Waals surface area (Å²) < 4.78 is 21.8. The van der Waals surface area contributed by atoms with Crippen molar-refractivity contribution in [1.29, 1.82) is 0 Å². The van der Waals surface area contributed by atoms with Crippen molar-refractivity contribution >= 4 is 40.5 Å². The minimum atomic E-state index is -0.606. The summed E-state index contributed by atoms with van der Waals surface area (Å²) in [5.41, 5.74) is 5.95. The number of phenols is 1. The van der Waals surface area contributed by atoms with Gasteiger partial charge in [-0.2, -0.15) is 0 Å². The number of phenolic OH excluding ortho intramolecular Hbond substituents is 1. The first-order chi connectivity index (χ1) is 27.4. The molecule has 0 spiro atoms. The Bertz CT molecular complexity index is 2250. The average Bonchev–Trinajstić information content (AvgIpc) is 3.73. The number of para-hydroxylation sites is 2. The Labute approximate surface area is 344 Å². The lowest BCUT2D eigenvalue weighted by molar-refractivity contribution is -0.145. The third kappa shape index (κ3) is 6.90. The molecule has 3 aromatic rings. The molecule has 0 bridgehead atoms. The van der Waals surface area contributed by atoms with Gasteiger partial charge in [-0.1, -0.05) is 63.1 Å². The molecule has 0 saturated heterocycles. The molecule has 7 rings (SSSR count). The van der Waals surface area contributed by atoms with Crippen molar-refractivity contribution in [3.8, 4) is 17.2 Å². The summed E-state index contributed by atoms with van der Waals surface area (Å²) in [7, 11) is 1.42. The molecule has 1 N–H and O–H groups in total. The van der Waals surface area contributed by atoms with Gasteiger partial charge in [0.2, 0.25) is 5.95 Å². The number of methoxy groups -OCH3 is 1. The van der Waals surface area contributed by atoms with Crippen LogP contribution in [0.2, 0.25) is 0 Å². The van der Waals surface area contributed by atoms with E-state index in [9.17, 15) is 14.7 Å². The van der Waals surface area contributed by atoms with E-state index in [1.54, 1.807) is 6.92 Å². The molecule has 1 saturated carbocycles. The lowest BCUT2D eigenvalue weighted by atomic mass is 9.73. The Kier molecular flexibility index (Phi) is 11.1. The number of allylic oxidation sites excluding steroid dienone is 4. The summed E-state index contributed by atoms with van der Waals surface area (Å²) in [6.45, 7) is 23.0. The van der Waals surface area contributed by atoms with Crippen molar-refractivity contribution in [3.63, 3.8) is 0 Å². The Hall–Kier alpha value is -4.66. The van der Waals surface area contributed by atoms with E-state index in [1.165, 1.54) is 12.7 Å². The fourth-order valence-electron chi connectivity index (χ4n) is 10.8. The van der Waals surface area contributed by atoms with Crippen molar-refractivity contribution < 1.29 is 28.9 Å². The van der Waals surface area contributed by atoms with E-state index >= 15 is 0 Å². The number of fused-ring (bicyclic) bond motifs is 7. The van der Waals surface area contributed by atoms with Crippen LogP contribution in [-0.4, -0.2) is 50.9 Å². The van der Waals surface area contributed by atoms with E-state index in [0.29, 0.717) is 47.8 Å². The van der Waals surface area contributed by atoms with E-state index in [0.717, 1.165) is 40.7 Å². The molecule has 9 atom stereocenters. The Morgan fingerprint density at radius 3 is 2.36 bits per heavy atom. The zero-order valence-corrected chi connectivity index (χ0v) is 36.6. The average molecular weight is 790 g/mol. The number of aliphatic imine (C=N–C) groups is 1. The van der Waals surface area contributed by atoms with Crippen LogP contribution in [0.4, 0.5) is 5.95 Å². The van der Waals surface area contributed by atoms with Gasteiger partial charge < -0.3 is 23.9 Å². The number of imidazole rings is 1. The number of aromatic hydroxyl groups is 1. The minimum Gasteiger partial charge on any atom is -0.506 e. The molecular formula is C49H63N3O6. The monoisotopic (exact) mass is 789 g/mol. The fourth-order valence-corrected chi connectivity index (χ4v) is 10.8. The van der Waals surface area contributed by atoms with Crippen LogP contribution in [0.25, 0.3) is 17.1 Å². The van der Waals surface area contributed by atoms with E-state index in [4.69, 9.17) is 24.2 Å². The summed E-state index contributed by atoms with van der Waals surface area (Å²) in [6.07, 6.45) is 11.4. The predicted molar refractivity (Wildman–Crippen MR) is 231 cm³/mol. The fraction of sp³-hybridized carbons (Fsp3) is 0.551. The van der Waals surface area contributed by atoms with Gasteiger partial charge in [0.1, 0.15) is 34.7 Å². The molecule has 4 aliphatic rings. The summed E-state index contributed by atoms with van der Waals surface area (Å²) in [5.74, 6) is 1.48. The Morgan fingerprint density at radius 1 is 1.00 bits per heavy atom. The third-order valence-electron chi connectivity index (χ3n) is 13.8. The molecule has 1 aliphatic carbocycles. The molecule has 58 heavy (non-hydrogen) atoms. The number of Topliss-reactive ketones (excluding diaryl/α,β-unsaturated/α-hetero) is 1. The van der Waals surface area contributed by atoms with E-state index < -0.39 is 17.1 Å². The van der Waals surface area contributed by atoms with Crippen molar-refractivity contribution in [1.82, 2.24) is 9.55 Å². The lowest BCUT2D eigenvalue weighted by Gasteiger charge is -2.45. The highest BCUT2D eigenvalue weighted by Crippen LogP contribution is 2.70. The van der Waals surface area contributed by atoms with Gasteiger partial charge in [-0.15, -0.1) is 0 Å². The molecule has 3 aliphatic heterocycles. The molecule has 9 unspecified atom stereocenters.